The first-order valence-corrected chi connectivity index (χ1v) is 11.8. The Labute approximate surface area is 170 Å². The molecule has 1 N–H and O–H groups in total. The van der Waals surface area contributed by atoms with Gasteiger partial charge in [-0.3, -0.25) is 4.79 Å². The molecular weight excluding hydrogens is 396 g/mol. The quantitative estimate of drug-likeness (QED) is 0.709. The molecule has 0 aliphatic carbocycles. The Morgan fingerprint density at radius 2 is 2.14 bits per heavy atom. The van der Waals surface area contributed by atoms with Crippen LogP contribution >= 0.6 is 11.3 Å². The lowest BCUT2D eigenvalue weighted by atomic mass is 10.0. The molecule has 2 aromatic rings. The van der Waals surface area contributed by atoms with Gasteiger partial charge in [-0.1, -0.05) is 24.6 Å². The van der Waals surface area contributed by atoms with Gasteiger partial charge in [-0.05, 0) is 55.3 Å². The summed E-state index contributed by atoms with van der Waals surface area (Å²) in [6, 6.07) is 10.9. The van der Waals surface area contributed by atoms with E-state index in [2.05, 4.69) is 5.32 Å². The first-order valence-electron chi connectivity index (χ1n) is 9.48. The fourth-order valence-electron chi connectivity index (χ4n) is 3.39. The van der Waals surface area contributed by atoms with E-state index in [1.165, 1.54) is 11.3 Å². The first kappa shape index (κ1) is 20.8. The Balaban J connectivity index is 1.49. The Morgan fingerprint density at radius 3 is 2.89 bits per heavy atom. The van der Waals surface area contributed by atoms with Gasteiger partial charge in [-0.25, -0.2) is 8.42 Å². The Kier molecular flexibility index (Phi) is 7.09. The van der Waals surface area contributed by atoms with Gasteiger partial charge in [0, 0.05) is 19.1 Å². The largest absolute Gasteiger partial charge is 0.484 e. The fraction of sp³-hybridized carbons (Fsp3) is 0.450. The van der Waals surface area contributed by atoms with E-state index in [0.717, 1.165) is 24.8 Å². The summed E-state index contributed by atoms with van der Waals surface area (Å²) in [4.78, 5) is 12.0. The lowest BCUT2D eigenvalue weighted by Crippen LogP contribution is -2.45. The van der Waals surface area contributed by atoms with Crippen LogP contribution in [0, 0.1) is 6.92 Å². The molecule has 2 heterocycles. The van der Waals surface area contributed by atoms with Crippen LogP contribution in [0.4, 0.5) is 0 Å². The van der Waals surface area contributed by atoms with Crippen LogP contribution < -0.4 is 10.1 Å². The molecule has 1 saturated heterocycles. The number of nitrogens with one attached hydrogen (secondary N) is 1. The summed E-state index contributed by atoms with van der Waals surface area (Å²) in [5, 5.41) is 4.62. The summed E-state index contributed by atoms with van der Waals surface area (Å²) in [5.41, 5.74) is 1.07. The molecule has 0 saturated carbocycles. The number of piperidine rings is 1. The summed E-state index contributed by atoms with van der Waals surface area (Å²) in [6.45, 7) is 2.88. The molecule has 1 amide bonds. The van der Waals surface area contributed by atoms with Crippen molar-refractivity contribution in [2.75, 3.05) is 19.7 Å². The fourth-order valence-corrected chi connectivity index (χ4v) is 6.23. The number of amides is 1. The van der Waals surface area contributed by atoms with Crippen molar-refractivity contribution in [3.63, 3.8) is 0 Å². The maximum atomic E-state index is 12.9. The molecule has 1 aliphatic heterocycles. The van der Waals surface area contributed by atoms with E-state index in [1.54, 1.807) is 21.8 Å². The van der Waals surface area contributed by atoms with E-state index in [4.69, 9.17) is 4.74 Å². The third-order valence-electron chi connectivity index (χ3n) is 4.79. The number of rotatable bonds is 8. The number of benzene rings is 1. The highest BCUT2D eigenvalue weighted by molar-refractivity contribution is 7.91. The highest BCUT2D eigenvalue weighted by atomic mass is 32.2. The molecule has 8 heteroatoms. The second-order valence-electron chi connectivity index (χ2n) is 6.94. The lowest BCUT2D eigenvalue weighted by Gasteiger charge is -2.34. The van der Waals surface area contributed by atoms with E-state index in [-0.39, 0.29) is 18.6 Å². The second kappa shape index (κ2) is 9.54. The van der Waals surface area contributed by atoms with Gasteiger partial charge in [-0.2, -0.15) is 4.31 Å². The van der Waals surface area contributed by atoms with Crippen LogP contribution in [-0.2, 0) is 14.8 Å². The van der Waals surface area contributed by atoms with Crippen molar-refractivity contribution in [3.8, 4) is 5.75 Å². The number of hydrogen-bond donors (Lipinski definition) is 1. The Bertz CT molecular complexity index is 881. The maximum Gasteiger partial charge on any atom is 0.257 e. The molecule has 1 aromatic heterocycles. The summed E-state index contributed by atoms with van der Waals surface area (Å²) in [5.74, 6) is 0.459. The van der Waals surface area contributed by atoms with Crippen LogP contribution in [-0.4, -0.2) is 44.4 Å². The number of thiophene rings is 1. The standard InChI is InChI=1S/C20H26N2O4S2/c1-16-6-4-8-18(14-16)26-15-19(23)21-11-10-17-7-2-3-12-22(17)28(24,25)20-9-5-13-27-20/h4-6,8-9,13-14,17H,2-3,7,10-12,15H2,1H3,(H,21,23). The molecular formula is C20H26N2O4S2. The zero-order valence-electron chi connectivity index (χ0n) is 16.0. The van der Waals surface area contributed by atoms with Crippen molar-refractivity contribution >= 4 is 27.3 Å². The van der Waals surface area contributed by atoms with Crippen molar-refractivity contribution in [1.82, 2.24) is 9.62 Å². The number of aryl methyl sites for hydroxylation is 1. The number of carbonyl (C=O) groups excluding carboxylic acids is 1. The topological polar surface area (TPSA) is 75.7 Å². The summed E-state index contributed by atoms with van der Waals surface area (Å²) in [6.07, 6.45) is 3.30. The van der Waals surface area contributed by atoms with E-state index in [9.17, 15) is 13.2 Å². The lowest BCUT2D eigenvalue weighted by molar-refractivity contribution is -0.123. The van der Waals surface area contributed by atoms with Crippen LogP contribution in [0.3, 0.4) is 0 Å². The first-order chi connectivity index (χ1) is 13.5. The predicted molar refractivity (Wildman–Crippen MR) is 110 cm³/mol. The molecule has 0 radical (unpaired) electrons. The predicted octanol–water partition coefficient (Wildman–Crippen LogP) is 3.19. The number of sulfonamides is 1. The molecule has 1 aromatic carbocycles. The average molecular weight is 423 g/mol. The number of ether oxygens (including phenoxy) is 1. The summed E-state index contributed by atoms with van der Waals surface area (Å²) < 4.78 is 33.2. The number of carbonyl (C=O) groups is 1. The van der Waals surface area contributed by atoms with Gasteiger partial charge in [-0.15, -0.1) is 11.3 Å². The van der Waals surface area contributed by atoms with Gasteiger partial charge in [0.15, 0.2) is 6.61 Å². The zero-order chi connectivity index (χ0) is 20.0. The van der Waals surface area contributed by atoms with Gasteiger partial charge in [0.1, 0.15) is 9.96 Å². The Hall–Kier alpha value is -1.90. The third-order valence-corrected chi connectivity index (χ3v) is 8.12. The summed E-state index contributed by atoms with van der Waals surface area (Å²) in [7, 11) is -3.45. The maximum absolute atomic E-state index is 12.9. The molecule has 152 valence electrons. The minimum absolute atomic E-state index is 0.0503. The van der Waals surface area contributed by atoms with E-state index in [0.29, 0.717) is 29.5 Å². The summed E-state index contributed by atoms with van der Waals surface area (Å²) >= 11 is 1.24. The number of hydrogen-bond acceptors (Lipinski definition) is 5. The molecule has 1 aliphatic rings. The van der Waals surface area contributed by atoms with Gasteiger partial charge in [0.05, 0.1) is 0 Å². The van der Waals surface area contributed by atoms with Gasteiger partial charge < -0.3 is 10.1 Å². The van der Waals surface area contributed by atoms with Gasteiger partial charge in [0.25, 0.3) is 15.9 Å². The monoisotopic (exact) mass is 422 g/mol. The van der Waals surface area contributed by atoms with Crippen LogP contribution in [0.1, 0.15) is 31.2 Å². The van der Waals surface area contributed by atoms with Crippen molar-refractivity contribution in [2.24, 2.45) is 0 Å². The van der Waals surface area contributed by atoms with Gasteiger partial charge >= 0.3 is 0 Å². The van der Waals surface area contributed by atoms with E-state index >= 15 is 0 Å². The zero-order valence-corrected chi connectivity index (χ0v) is 17.6. The van der Waals surface area contributed by atoms with Crippen molar-refractivity contribution in [2.45, 2.75) is 42.9 Å². The number of nitrogens with zero attached hydrogens (tertiary/aromatic N) is 1. The van der Waals surface area contributed by atoms with Gasteiger partial charge in [0.2, 0.25) is 0 Å². The molecule has 1 fully saturated rings. The minimum atomic E-state index is -3.45. The molecule has 1 atom stereocenters. The third kappa shape index (κ3) is 5.33. The van der Waals surface area contributed by atoms with Crippen LogP contribution in [0.25, 0.3) is 0 Å². The second-order valence-corrected chi connectivity index (χ2v) is 10.0. The highest BCUT2D eigenvalue weighted by Gasteiger charge is 2.33. The van der Waals surface area contributed by atoms with Crippen molar-refractivity contribution in [1.29, 1.82) is 0 Å². The molecule has 1 unspecified atom stereocenters. The molecule has 28 heavy (non-hydrogen) atoms. The molecule has 6 nitrogen and oxygen atoms in total. The minimum Gasteiger partial charge on any atom is -0.484 e. The molecule has 0 spiro atoms. The molecule has 3 rings (SSSR count). The van der Waals surface area contributed by atoms with Crippen molar-refractivity contribution < 1.29 is 17.9 Å². The van der Waals surface area contributed by atoms with Crippen molar-refractivity contribution in [3.05, 3.63) is 47.3 Å². The van der Waals surface area contributed by atoms with Crippen LogP contribution in [0.2, 0.25) is 0 Å². The van der Waals surface area contributed by atoms with Crippen LogP contribution in [0.15, 0.2) is 46.0 Å². The average Bonchev–Trinajstić information content (AvgIpc) is 3.22. The SMILES string of the molecule is Cc1cccc(OCC(=O)NCCC2CCCCN2S(=O)(=O)c2cccs2)c1. The highest BCUT2D eigenvalue weighted by Crippen LogP contribution is 2.29. The molecule has 0 bridgehead atoms. The van der Waals surface area contributed by atoms with Crippen LogP contribution in [0.5, 0.6) is 5.75 Å². The van der Waals surface area contributed by atoms with E-state index < -0.39 is 10.0 Å². The normalized spacial score (nSPS) is 18.0. The Morgan fingerprint density at radius 1 is 1.29 bits per heavy atom. The van der Waals surface area contributed by atoms with E-state index in [1.807, 2.05) is 31.2 Å². The smallest absolute Gasteiger partial charge is 0.257 e.